The minimum atomic E-state index is -0.418. The van der Waals surface area contributed by atoms with Crippen molar-refractivity contribution in [3.8, 4) is 11.4 Å². The predicted octanol–water partition coefficient (Wildman–Crippen LogP) is 11.5. The molecule has 0 spiro atoms. The third-order valence-corrected chi connectivity index (χ3v) is 15.7. The summed E-state index contributed by atoms with van der Waals surface area (Å²) in [5, 5.41) is 1.04. The number of halogens is 2. The van der Waals surface area contributed by atoms with Gasteiger partial charge in [0.2, 0.25) is 22.9 Å². The number of carbonyl (C=O) groups excluding carboxylic acids is 4. The third kappa shape index (κ3) is 11.2. The van der Waals surface area contributed by atoms with E-state index in [2.05, 4.69) is 12.1 Å². The Labute approximate surface area is 399 Å². The Kier molecular flexibility index (Phi) is 15.9. The molecule has 0 radical (unpaired) electrons. The van der Waals surface area contributed by atoms with E-state index in [0.29, 0.717) is 53.6 Å². The van der Waals surface area contributed by atoms with Crippen LogP contribution >= 0.6 is 69.4 Å². The highest BCUT2D eigenvalue weighted by Gasteiger charge is 2.34. The number of benzene rings is 3. The summed E-state index contributed by atoms with van der Waals surface area (Å²) in [5.74, 6) is -0.122. The lowest BCUT2D eigenvalue weighted by atomic mass is 10.0. The maximum Gasteiger partial charge on any atom is 0.310 e. The molecule has 0 saturated carbocycles. The van der Waals surface area contributed by atoms with Crippen LogP contribution in [0.4, 0.5) is 0 Å². The number of nitrogens with zero attached hydrogens (tertiary/aromatic N) is 2. The van der Waals surface area contributed by atoms with Crippen LogP contribution in [0, 0.1) is 13.8 Å². The molecule has 3 aromatic carbocycles. The second kappa shape index (κ2) is 21.7. The monoisotopic (exact) mass is 966 g/mol. The molecule has 7 rings (SSSR count). The fourth-order valence-electron chi connectivity index (χ4n) is 6.88. The van der Waals surface area contributed by atoms with E-state index in [9.17, 15) is 19.2 Å². The van der Waals surface area contributed by atoms with Gasteiger partial charge in [-0.25, -0.2) is 0 Å². The Morgan fingerprint density at radius 2 is 0.906 bits per heavy atom. The highest BCUT2D eigenvalue weighted by molar-refractivity contribution is 8.01. The second-order valence-electron chi connectivity index (χ2n) is 14.6. The van der Waals surface area contributed by atoms with Gasteiger partial charge in [0.1, 0.15) is 8.42 Å². The smallest absolute Gasteiger partial charge is 0.310 e. The van der Waals surface area contributed by atoms with Gasteiger partial charge in [-0.2, -0.15) is 9.13 Å². The van der Waals surface area contributed by atoms with E-state index in [1.54, 1.807) is 85.9 Å². The van der Waals surface area contributed by atoms with Gasteiger partial charge in [0.05, 0.1) is 46.9 Å². The maximum absolute atomic E-state index is 14.3. The molecule has 4 aromatic heterocycles. The lowest BCUT2D eigenvalue weighted by molar-refractivity contribution is -0.598. The average Bonchev–Trinajstić information content (AvgIpc) is 3.83. The summed E-state index contributed by atoms with van der Waals surface area (Å²) in [5.41, 5.74) is 7.96. The number of pyridine rings is 2. The van der Waals surface area contributed by atoms with Crippen LogP contribution in [0.2, 0.25) is 10.0 Å². The molecular weight excluding hydrogens is 924 g/mol. The van der Waals surface area contributed by atoms with Crippen molar-refractivity contribution >= 4 is 92.9 Å². The van der Waals surface area contributed by atoms with E-state index in [-0.39, 0.29) is 37.6 Å². The lowest BCUT2D eigenvalue weighted by Gasteiger charge is -2.09. The number of thiophene rings is 2. The van der Waals surface area contributed by atoms with E-state index in [1.807, 2.05) is 84.2 Å². The molecule has 0 amide bonds. The Morgan fingerprint density at radius 1 is 0.547 bits per heavy atom. The van der Waals surface area contributed by atoms with Crippen LogP contribution in [-0.4, -0.2) is 36.7 Å². The summed E-state index contributed by atoms with van der Waals surface area (Å²) in [7, 11) is 0. The maximum atomic E-state index is 14.3. The molecule has 0 bridgehead atoms. The summed E-state index contributed by atoms with van der Waals surface area (Å²) in [6.45, 7) is 7.99. The Balaban J connectivity index is 1.26. The van der Waals surface area contributed by atoms with Gasteiger partial charge >= 0.3 is 11.9 Å². The summed E-state index contributed by atoms with van der Waals surface area (Å²) >= 11 is 18.3. The number of rotatable bonds is 18. The quantitative estimate of drug-likeness (QED) is 0.0363. The van der Waals surface area contributed by atoms with Crippen molar-refractivity contribution in [3.63, 3.8) is 0 Å². The first-order valence-electron chi connectivity index (χ1n) is 20.5. The standard InChI is InChI=1S/C50H44Cl2N2O6S4/c1-5-59-41(55)27-39-43(53-23-19-31(3)20-24-53)49(63-47(39)45(57)33-11-15-37(51)16-12-33)61-29-35-9-7-8-10-36(35)30-62-50-44(54-25-21-32(4)22-26-54)40(28-42(56)60-6-2)48(64-50)46(58)34-13-17-38(52)18-14-34/h7-26H,5-6,27-30H2,1-4H3/q+2. The number of aromatic nitrogens is 2. The largest absolute Gasteiger partial charge is 0.466 e. The number of aryl methyl sites for hydroxylation is 2. The molecule has 0 aliphatic carbocycles. The Morgan fingerprint density at radius 3 is 1.25 bits per heavy atom. The van der Waals surface area contributed by atoms with E-state index in [4.69, 9.17) is 32.7 Å². The van der Waals surface area contributed by atoms with Crippen molar-refractivity contribution in [2.45, 2.75) is 60.5 Å². The molecule has 0 fully saturated rings. The number of carbonyl (C=O) groups is 4. The molecule has 0 saturated heterocycles. The summed E-state index contributed by atoms with van der Waals surface area (Å²) in [6, 6.07) is 29.7. The number of hydrogen-bond donors (Lipinski definition) is 0. The molecule has 4 heterocycles. The van der Waals surface area contributed by atoms with Crippen LogP contribution in [0.15, 0.2) is 130 Å². The molecule has 0 aliphatic rings. The zero-order valence-corrected chi connectivity index (χ0v) is 40.3. The molecule has 7 aromatic rings. The van der Waals surface area contributed by atoms with Gasteiger partial charge in [-0.05, 0) is 98.5 Å². The average molecular weight is 968 g/mol. The van der Waals surface area contributed by atoms with Gasteiger partial charge in [0, 0.05) is 56.9 Å². The highest BCUT2D eigenvalue weighted by Crippen LogP contribution is 2.43. The zero-order valence-electron chi connectivity index (χ0n) is 35.5. The van der Waals surface area contributed by atoms with E-state index >= 15 is 0 Å². The highest BCUT2D eigenvalue weighted by atomic mass is 35.5. The number of hydrogen-bond acceptors (Lipinski definition) is 10. The molecule has 0 aliphatic heterocycles. The van der Waals surface area contributed by atoms with Gasteiger partial charge in [-0.3, -0.25) is 19.2 Å². The molecule has 64 heavy (non-hydrogen) atoms. The minimum absolute atomic E-state index is 0.0776. The van der Waals surface area contributed by atoms with Crippen molar-refractivity contribution in [2.24, 2.45) is 0 Å². The first-order valence-corrected chi connectivity index (χ1v) is 24.8. The third-order valence-electron chi connectivity index (χ3n) is 10.1. The molecule has 0 unspecified atom stereocenters. The SMILES string of the molecule is CCOC(=O)Cc1c(C(=O)c2ccc(Cl)cc2)sc(SCc2ccccc2CSc2sc(C(=O)c3ccc(Cl)cc3)c(CC(=O)OCC)c2-[n+]2ccc(C)cc2)c1-[n+]1ccc(C)cc1. The predicted molar refractivity (Wildman–Crippen MR) is 257 cm³/mol. The fourth-order valence-corrected chi connectivity index (χ4v) is 12.4. The Bertz CT molecular complexity index is 2610. The first kappa shape index (κ1) is 46.9. The van der Waals surface area contributed by atoms with Crippen LogP contribution in [0.3, 0.4) is 0 Å². The van der Waals surface area contributed by atoms with E-state index in [0.717, 1.165) is 42.0 Å². The molecule has 14 heteroatoms. The van der Waals surface area contributed by atoms with E-state index in [1.165, 1.54) is 22.7 Å². The summed E-state index contributed by atoms with van der Waals surface area (Å²) in [6.07, 6.45) is 7.64. The van der Waals surface area contributed by atoms with E-state index < -0.39 is 11.9 Å². The van der Waals surface area contributed by atoms with Crippen molar-refractivity contribution < 1.29 is 37.8 Å². The second-order valence-corrected chi connectivity index (χ2v) is 20.0. The van der Waals surface area contributed by atoms with Crippen LogP contribution < -0.4 is 9.13 Å². The number of esters is 2. The number of ether oxygens (including phenoxy) is 2. The minimum Gasteiger partial charge on any atom is -0.466 e. The molecule has 0 atom stereocenters. The summed E-state index contributed by atoms with van der Waals surface area (Å²) in [4.78, 5) is 55.8. The van der Waals surface area contributed by atoms with Gasteiger partial charge in [-0.1, -0.05) is 47.5 Å². The molecule has 326 valence electrons. The lowest BCUT2D eigenvalue weighted by Crippen LogP contribution is -2.32. The molecule has 0 N–H and O–H groups in total. The summed E-state index contributed by atoms with van der Waals surface area (Å²) < 4.78 is 16.5. The van der Waals surface area contributed by atoms with Crippen LogP contribution in [0.5, 0.6) is 0 Å². The van der Waals surface area contributed by atoms with Crippen molar-refractivity contribution in [2.75, 3.05) is 13.2 Å². The van der Waals surface area contributed by atoms with Gasteiger partial charge in [0.15, 0.2) is 24.8 Å². The first-order chi connectivity index (χ1) is 30.9. The zero-order chi connectivity index (χ0) is 45.3. The fraction of sp³-hybridized carbons (Fsp3) is 0.200. The topological polar surface area (TPSA) is 94.5 Å². The number of ketones is 2. The van der Waals surface area contributed by atoms with Gasteiger partial charge < -0.3 is 9.47 Å². The van der Waals surface area contributed by atoms with Gasteiger partial charge in [0.25, 0.3) is 0 Å². The number of thioether (sulfide) groups is 2. The molecule has 8 nitrogen and oxygen atoms in total. The van der Waals surface area contributed by atoms with Crippen molar-refractivity contribution in [3.05, 3.63) is 186 Å². The normalized spacial score (nSPS) is 11.1. The van der Waals surface area contributed by atoms with Crippen LogP contribution in [-0.2, 0) is 43.4 Å². The van der Waals surface area contributed by atoms with Crippen molar-refractivity contribution in [1.29, 1.82) is 0 Å². The molecular formula is C50H44Cl2N2O6S4+2. The van der Waals surface area contributed by atoms with Crippen molar-refractivity contribution in [1.82, 2.24) is 0 Å². The van der Waals surface area contributed by atoms with Crippen LogP contribution in [0.25, 0.3) is 11.4 Å². The van der Waals surface area contributed by atoms with Crippen LogP contribution in [0.1, 0.15) is 77.7 Å². The Hall–Kier alpha value is -5.08. The van der Waals surface area contributed by atoms with Gasteiger partial charge in [-0.15, -0.1) is 46.2 Å².